The fourth-order valence-corrected chi connectivity index (χ4v) is 2.89. The summed E-state index contributed by atoms with van der Waals surface area (Å²) in [6.45, 7) is 2.71. The highest BCUT2D eigenvalue weighted by molar-refractivity contribution is 9.10. The number of hydrogen-bond donors (Lipinski definition) is 2. The number of carbonyl (C=O) groups is 1. The Labute approximate surface area is 133 Å². The van der Waals surface area contributed by atoms with Gasteiger partial charge in [0.2, 0.25) is 5.91 Å². The molecule has 6 heteroatoms. The minimum Gasteiger partial charge on any atom is -0.324 e. The van der Waals surface area contributed by atoms with Gasteiger partial charge < -0.3 is 15.5 Å². The summed E-state index contributed by atoms with van der Waals surface area (Å²) in [5.41, 5.74) is 0.231. The van der Waals surface area contributed by atoms with Crippen LogP contribution in [-0.4, -0.2) is 43.5 Å². The van der Waals surface area contributed by atoms with Crippen LogP contribution in [-0.2, 0) is 4.79 Å². The highest BCUT2D eigenvalue weighted by Gasteiger charge is 2.18. The maximum absolute atomic E-state index is 13.6. The molecule has 0 radical (unpaired) electrons. The molecule has 1 unspecified atom stereocenters. The summed E-state index contributed by atoms with van der Waals surface area (Å²) in [6, 6.07) is 5.12. The van der Waals surface area contributed by atoms with Crippen molar-refractivity contribution >= 4 is 27.5 Å². The summed E-state index contributed by atoms with van der Waals surface area (Å²) in [6.07, 6.45) is 2.71. The van der Waals surface area contributed by atoms with Gasteiger partial charge in [-0.05, 0) is 44.6 Å². The number of anilines is 1. The van der Waals surface area contributed by atoms with E-state index >= 15 is 0 Å². The van der Waals surface area contributed by atoms with E-state index in [0.717, 1.165) is 19.5 Å². The van der Waals surface area contributed by atoms with Crippen LogP contribution >= 0.6 is 15.9 Å². The summed E-state index contributed by atoms with van der Waals surface area (Å²) < 4.78 is 14.3. The van der Waals surface area contributed by atoms with Crippen LogP contribution in [0.3, 0.4) is 0 Å². The summed E-state index contributed by atoms with van der Waals surface area (Å²) in [7, 11) is 1.97. The van der Waals surface area contributed by atoms with E-state index in [-0.39, 0.29) is 11.6 Å². The minimum absolute atomic E-state index is 0.150. The largest absolute Gasteiger partial charge is 0.324 e. The van der Waals surface area contributed by atoms with Crippen LogP contribution in [0.1, 0.15) is 19.3 Å². The Hall–Kier alpha value is -0.980. The SMILES string of the molecule is CNC1CCCN(CCC(=O)Nc2ccc(Br)cc2F)C1. The number of hydrogen-bond acceptors (Lipinski definition) is 3. The Morgan fingerprint density at radius 2 is 2.33 bits per heavy atom. The second kappa shape index (κ2) is 7.87. The smallest absolute Gasteiger partial charge is 0.225 e. The molecule has 1 aliphatic rings. The van der Waals surface area contributed by atoms with Crippen LogP contribution in [0.2, 0.25) is 0 Å². The summed E-state index contributed by atoms with van der Waals surface area (Å²) in [5.74, 6) is -0.575. The topological polar surface area (TPSA) is 44.4 Å². The molecule has 1 atom stereocenters. The molecule has 1 saturated heterocycles. The number of benzene rings is 1. The molecule has 4 nitrogen and oxygen atoms in total. The molecule has 2 rings (SSSR count). The van der Waals surface area contributed by atoms with E-state index in [1.807, 2.05) is 7.05 Å². The minimum atomic E-state index is -0.425. The molecule has 1 aromatic rings. The second-order valence-electron chi connectivity index (χ2n) is 5.35. The first-order valence-electron chi connectivity index (χ1n) is 7.23. The zero-order valence-corrected chi connectivity index (χ0v) is 13.7. The Morgan fingerprint density at radius 1 is 1.52 bits per heavy atom. The van der Waals surface area contributed by atoms with Gasteiger partial charge >= 0.3 is 0 Å². The van der Waals surface area contributed by atoms with Crippen molar-refractivity contribution in [2.45, 2.75) is 25.3 Å². The van der Waals surface area contributed by atoms with Gasteiger partial charge in [-0.3, -0.25) is 4.79 Å². The van der Waals surface area contributed by atoms with E-state index in [2.05, 4.69) is 31.5 Å². The highest BCUT2D eigenvalue weighted by atomic mass is 79.9. The molecular weight excluding hydrogens is 337 g/mol. The van der Waals surface area contributed by atoms with Gasteiger partial charge in [0.25, 0.3) is 0 Å². The zero-order chi connectivity index (χ0) is 15.2. The van der Waals surface area contributed by atoms with Gasteiger partial charge in [0.05, 0.1) is 5.69 Å². The van der Waals surface area contributed by atoms with Crippen molar-refractivity contribution < 1.29 is 9.18 Å². The molecule has 1 aromatic carbocycles. The zero-order valence-electron chi connectivity index (χ0n) is 12.2. The van der Waals surface area contributed by atoms with E-state index in [1.165, 1.54) is 12.5 Å². The van der Waals surface area contributed by atoms with Crippen molar-refractivity contribution in [1.29, 1.82) is 0 Å². The molecule has 116 valence electrons. The molecule has 0 spiro atoms. The lowest BCUT2D eigenvalue weighted by atomic mass is 10.1. The second-order valence-corrected chi connectivity index (χ2v) is 6.27. The number of piperidine rings is 1. The third kappa shape index (κ3) is 5.05. The van der Waals surface area contributed by atoms with Crippen molar-refractivity contribution in [1.82, 2.24) is 10.2 Å². The lowest BCUT2D eigenvalue weighted by molar-refractivity contribution is -0.116. The number of carbonyl (C=O) groups excluding carboxylic acids is 1. The Bertz CT molecular complexity index is 498. The maximum atomic E-state index is 13.6. The normalized spacial score (nSPS) is 19.5. The first kappa shape index (κ1) is 16.4. The van der Waals surface area contributed by atoms with Crippen LogP contribution in [0.25, 0.3) is 0 Å². The first-order chi connectivity index (χ1) is 10.1. The number of amides is 1. The number of halogens is 2. The molecule has 1 amide bonds. The summed E-state index contributed by atoms with van der Waals surface area (Å²) in [4.78, 5) is 14.2. The Kier molecular flexibility index (Phi) is 6.14. The number of nitrogens with one attached hydrogen (secondary N) is 2. The van der Waals surface area contributed by atoms with Gasteiger partial charge in [0.1, 0.15) is 5.82 Å². The Morgan fingerprint density at radius 3 is 3.05 bits per heavy atom. The molecule has 1 aliphatic heterocycles. The summed E-state index contributed by atoms with van der Waals surface area (Å²) >= 11 is 3.19. The number of likely N-dealkylation sites (N-methyl/N-ethyl adjacent to an activating group) is 1. The van der Waals surface area contributed by atoms with Crippen LogP contribution < -0.4 is 10.6 Å². The molecule has 2 N–H and O–H groups in total. The molecule has 0 saturated carbocycles. The van der Waals surface area contributed by atoms with Crippen LogP contribution in [0, 0.1) is 5.82 Å². The lowest BCUT2D eigenvalue weighted by Gasteiger charge is -2.32. The lowest BCUT2D eigenvalue weighted by Crippen LogP contribution is -2.45. The van der Waals surface area contributed by atoms with Crippen LogP contribution in [0.4, 0.5) is 10.1 Å². The number of nitrogens with zero attached hydrogens (tertiary/aromatic N) is 1. The average molecular weight is 358 g/mol. The van der Waals surface area contributed by atoms with E-state index in [4.69, 9.17) is 0 Å². The van der Waals surface area contributed by atoms with Gasteiger partial charge in [-0.1, -0.05) is 15.9 Å². The van der Waals surface area contributed by atoms with E-state index < -0.39 is 5.82 Å². The molecule has 1 heterocycles. The van der Waals surface area contributed by atoms with Crippen molar-refractivity contribution in [3.05, 3.63) is 28.5 Å². The van der Waals surface area contributed by atoms with Crippen molar-refractivity contribution in [3.8, 4) is 0 Å². The Balaban J connectivity index is 1.79. The van der Waals surface area contributed by atoms with Crippen molar-refractivity contribution in [3.63, 3.8) is 0 Å². The quantitative estimate of drug-likeness (QED) is 0.851. The van der Waals surface area contributed by atoms with E-state index in [1.54, 1.807) is 12.1 Å². The van der Waals surface area contributed by atoms with E-state index in [9.17, 15) is 9.18 Å². The summed E-state index contributed by atoms with van der Waals surface area (Å²) in [5, 5.41) is 5.90. The predicted octanol–water partition coefficient (Wildman–Crippen LogP) is 2.60. The molecule has 1 fully saturated rings. The third-order valence-electron chi connectivity index (χ3n) is 3.77. The fraction of sp³-hybridized carbons (Fsp3) is 0.533. The molecule has 0 aliphatic carbocycles. The third-order valence-corrected chi connectivity index (χ3v) is 4.27. The van der Waals surface area contributed by atoms with Crippen LogP contribution in [0.5, 0.6) is 0 Å². The molecule has 0 bridgehead atoms. The van der Waals surface area contributed by atoms with Gasteiger partial charge in [-0.15, -0.1) is 0 Å². The van der Waals surface area contributed by atoms with Crippen molar-refractivity contribution in [2.24, 2.45) is 0 Å². The van der Waals surface area contributed by atoms with Gasteiger partial charge in [0, 0.05) is 30.0 Å². The van der Waals surface area contributed by atoms with Gasteiger partial charge in [-0.2, -0.15) is 0 Å². The van der Waals surface area contributed by atoms with Crippen molar-refractivity contribution in [2.75, 3.05) is 32.0 Å². The van der Waals surface area contributed by atoms with E-state index in [0.29, 0.717) is 23.5 Å². The van der Waals surface area contributed by atoms with Crippen LogP contribution in [0.15, 0.2) is 22.7 Å². The monoisotopic (exact) mass is 357 g/mol. The average Bonchev–Trinajstić information content (AvgIpc) is 2.48. The molecular formula is C15H21BrFN3O. The molecule has 21 heavy (non-hydrogen) atoms. The molecule has 0 aromatic heterocycles. The standard InChI is InChI=1S/C15H21BrFN3O/c1-18-12-3-2-7-20(10-12)8-6-15(21)19-14-5-4-11(16)9-13(14)17/h4-5,9,12,18H,2-3,6-8,10H2,1H3,(H,19,21). The first-order valence-corrected chi connectivity index (χ1v) is 8.02. The fourth-order valence-electron chi connectivity index (χ4n) is 2.56. The highest BCUT2D eigenvalue weighted by Crippen LogP contribution is 2.19. The van der Waals surface area contributed by atoms with Gasteiger partial charge in [0.15, 0.2) is 0 Å². The number of likely N-dealkylation sites (tertiary alicyclic amines) is 1. The number of rotatable bonds is 5. The maximum Gasteiger partial charge on any atom is 0.225 e. The van der Waals surface area contributed by atoms with Gasteiger partial charge in [-0.25, -0.2) is 4.39 Å². The predicted molar refractivity (Wildman–Crippen MR) is 85.9 cm³/mol.